The van der Waals surface area contributed by atoms with Crippen LogP contribution in [0.5, 0.6) is 5.75 Å². The van der Waals surface area contributed by atoms with Crippen molar-refractivity contribution in [1.29, 1.82) is 0 Å². The van der Waals surface area contributed by atoms with Crippen LogP contribution < -0.4 is 10.1 Å². The summed E-state index contributed by atoms with van der Waals surface area (Å²) in [7, 11) is 1.61. The van der Waals surface area contributed by atoms with Crippen LogP contribution in [0.4, 0.5) is 5.69 Å². The van der Waals surface area contributed by atoms with Gasteiger partial charge in [-0.2, -0.15) is 0 Å². The van der Waals surface area contributed by atoms with Crippen LogP contribution in [-0.2, 0) is 4.79 Å². The Morgan fingerprint density at radius 2 is 1.96 bits per heavy atom. The Labute approximate surface area is 150 Å². The standard InChI is InChI=1S/C18H18N4O2S/c1-12-7-3-5-9-14(12)19-16(23)11-25-18-20-17(21-22-18)13-8-4-6-10-15(13)24-2/h3-10H,11H2,1-2H3,(H,19,23)(H,20,21,22). The number of nitrogens with one attached hydrogen (secondary N) is 2. The summed E-state index contributed by atoms with van der Waals surface area (Å²) in [5.74, 6) is 1.46. The van der Waals surface area contributed by atoms with Crippen LogP contribution in [0.3, 0.4) is 0 Å². The van der Waals surface area contributed by atoms with Gasteiger partial charge < -0.3 is 10.1 Å². The number of anilines is 1. The number of aromatic amines is 1. The summed E-state index contributed by atoms with van der Waals surface area (Å²) in [6, 6.07) is 15.2. The zero-order valence-corrected chi connectivity index (χ0v) is 14.8. The average Bonchev–Trinajstić information content (AvgIpc) is 3.11. The first-order valence-electron chi connectivity index (χ1n) is 7.71. The maximum Gasteiger partial charge on any atom is 0.234 e. The van der Waals surface area contributed by atoms with Crippen LogP contribution in [0.1, 0.15) is 5.56 Å². The highest BCUT2D eigenvalue weighted by Crippen LogP contribution is 2.28. The van der Waals surface area contributed by atoms with E-state index in [2.05, 4.69) is 20.5 Å². The molecule has 1 amide bonds. The van der Waals surface area contributed by atoms with Crippen LogP contribution in [-0.4, -0.2) is 34.0 Å². The van der Waals surface area contributed by atoms with E-state index in [0.29, 0.717) is 16.7 Å². The second-order valence-corrected chi connectivity index (χ2v) is 6.26. The molecular formula is C18H18N4O2S. The Morgan fingerprint density at radius 3 is 2.76 bits per heavy atom. The lowest BCUT2D eigenvalue weighted by Gasteiger charge is -2.06. The molecule has 0 atom stereocenters. The maximum atomic E-state index is 12.1. The number of rotatable bonds is 6. The predicted molar refractivity (Wildman–Crippen MR) is 98.9 cm³/mol. The number of thioether (sulfide) groups is 1. The van der Waals surface area contributed by atoms with E-state index in [1.165, 1.54) is 11.8 Å². The van der Waals surface area contributed by atoms with Gasteiger partial charge in [0.2, 0.25) is 11.1 Å². The number of nitrogens with zero attached hydrogens (tertiary/aromatic N) is 2. The van der Waals surface area contributed by atoms with Gasteiger partial charge in [0.05, 0.1) is 18.4 Å². The third kappa shape index (κ3) is 4.19. The number of aryl methyl sites for hydroxylation is 1. The zero-order chi connectivity index (χ0) is 17.6. The fourth-order valence-corrected chi connectivity index (χ4v) is 2.90. The Balaban J connectivity index is 1.62. The van der Waals surface area contributed by atoms with E-state index in [0.717, 1.165) is 16.8 Å². The number of amides is 1. The van der Waals surface area contributed by atoms with Gasteiger partial charge in [-0.15, -0.1) is 5.10 Å². The molecule has 1 heterocycles. The van der Waals surface area contributed by atoms with Crippen molar-refractivity contribution in [1.82, 2.24) is 15.2 Å². The SMILES string of the molecule is COc1ccccc1-c1nc(SCC(=O)Nc2ccccc2C)n[nH]1. The number of para-hydroxylation sites is 2. The van der Waals surface area contributed by atoms with Crippen LogP contribution >= 0.6 is 11.8 Å². The molecule has 0 unspecified atom stereocenters. The smallest absolute Gasteiger partial charge is 0.234 e. The number of aromatic nitrogens is 3. The summed E-state index contributed by atoms with van der Waals surface area (Å²) in [6.07, 6.45) is 0. The molecule has 1 aromatic heterocycles. The molecule has 128 valence electrons. The molecule has 6 nitrogen and oxygen atoms in total. The fourth-order valence-electron chi connectivity index (χ4n) is 2.30. The van der Waals surface area contributed by atoms with Crippen LogP contribution in [0, 0.1) is 6.92 Å². The molecule has 2 N–H and O–H groups in total. The molecule has 0 saturated heterocycles. The number of H-pyrrole nitrogens is 1. The molecule has 0 radical (unpaired) electrons. The van der Waals surface area contributed by atoms with E-state index >= 15 is 0 Å². The molecule has 0 aliphatic carbocycles. The summed E-state index contributed by atoms with van der Waals surface area (Å²) in [4.78, 5) is 16.5. The first-order chi connectivity index (χ1) is 12.2. The van der Waals surface area contributed by atoms with Crippen molar-refractivity contribution in [3.05, 3.63) is 54.1 Å². The average molecular weight is 354 g/mol. The molecule has 0 spiro atoms. The Hall–Kier alpha value is -2.80. The molecular weight excluding hydrogens is 336 g/mol. The second kappa shape index (κ2) is 7.85. The van der Waals surface area contributed by atoms with E-state index in [9.17, 15) is 4.79 Å². The van der Waals surface area contributed by atoms with Gasteiger partial charge in [-0.1, -0.05) is 42.1 Å². The number of ether oxygens (including phenoxy) is 1. The van der Waals surface area contributed by atoms with Crippen LogP contribution in [0.2, 0.25) is 0 Å². The number of benzene rings is 2. The fraction of sp³-hybridized carbons (Fsp3) is 0.167. The molecule has 0 fully saturated rings. The van der Waals surface area contributed by atoms with Gasteiger partial charge in [0.1, 0.15) is 5.75 Å². The molecule has 0 aliphatic rings. The Bertz CT molecular complexity index is 879. The normalized spacial score (nSPS) is 10.5. The summed E-state index contributed by atoms with van der Waals surface area (Å²) in [5.41, 5.74) is 2.67. The van der Waals surface area contributed by atoms with Crippen molar-refractivity contribution < 1.29 is 9.53 Å². The number of carbonyl (C=O) groups excluding carboxylic acids is 1. The maximum absolute atomic E-state index is 12.1. The van der Waals surface area contributed by atoms with E-state index in [1.54, 1.807) is 7.11 Å². The number of methoxy groups -OCH3 is 1. The summed E-state index contributed by atoms with van der Waals surface area (Å²) < 4.78 is 5.33. The topological polar surface area (TPSA) is 79.9 Å². The zero-order valence-electron chi connectivity index (χ0n) is 13.9. The number of hydrogen-bond acceptors (Lipinski definition) is 5. The van der Waals surface area contributed by atoms with Crippen molar-refractivity contribution >= 4 is 23.4 Å². The monoisotopic (exact) mass is 354 g/mol. The summed E-state index contributed by atoms with van der Waals surface area (Å²) in [6.45, 7) is 1.96. The van der Waals surface area contributed by atoms with Gasteiger partial charge in [-0.05, 0) is 30.7 Å². The van der Waals surface area contributed by atoms with Gasteiger partial charge >= 0.3 is 0 Å². The van der Waals surface area contributed by atoms with Gasteiger partial charge in [-0.25, -0.2) is 4.98 Å². The van der Waals surface area contributed by atoms with E-state index in [-0.39, 0.29) is 11.7 Å². The highest BCUT2D eigenvalue weighted by Gasteiger charge is 2.12. The molecule has 0 bridgehead atoms. The minimum atomic E-state index is -0.0945. The third-order valence-electron chi connectivity index (χ3n) is 3.58. The summed E-state index contributed by atoms with van der Waals surface area (Å²) >= 11 is 1.28. The lowest BCUT2D eigenvalue weighted by atomic mass is 10.2. The molecule has 7 heteroatoms. The highest BCUT2D eigenvalue weighted by molar-refractivity contribution is 7.99. The van der Waals surface area contributed by atoms with E-state index < -0.39 is 0 Å². The molecule has 0 aliphatic heterocycles. The first kappa shape index (κ1) is 17.0. The Morgan fingerprint density at radius 1 is 1.20 bits per heavy atom. The van der Waals surface area contributed by atoms with Crippen molar-refractivity contribution in [3.8, 4) is 17.1 Å². The largest absolute Gasteiger partial charge is 0.496 e. The van der Waals surface area contributed by atoms with E-state index in [1.807, 2.05) is 55.5 Å². The number of carbonyl (C=O) groups is 1. The summed E-state index contributed by atoms with van der Waals surface area (Å²) in [5, 5.41) is 10.4. The van der Waals surface area contributed by atoms with Gasteiger partial charge in [0.15, 0.2) is 5.82 Å². The van der Waals surface area contributed by atoms with Crippen molar-refractivity contribution in [2.75, 3.05) is 18.2 Å². The first-order valence-corrected chi connectivity index (χ1v) is 8.70. The van der Waals surface area contributed by atoms with E-state index in [4.69, 9.17) is 4.74 Å². The minimum Gasteiger partial charge on any atom is -0.496 e. The second-order valence-electron chi connectivity index (χ2n) is 5.32. The van der Waals surface area contributed by atoms with Crippen molar-refractivity contribution in [2.24, 2.45) is 0 Å². The van der Waals surface area contributed by atoms with Gasteiger partial charge in [0, 0.05) is 5.69 Å². The molecule has 3 rings (SSSR count). The van der Waals surface area contributed by atoms with Crippen molar-refractivity contribution in [2.45, 2.75) is 12.1 Å². The lowest BCUT2D eigenvalue weighted by molar-refractivity contribution is -0.113. The number of hydrogen-bond donors (Lipinski definition) is 2. The molecule has 0 saturated carbocycles. The molecule has 3 aromatic rings. The minimum absolute atomic E-state index is 0.0945. The molecule has 25 heavy (non-hydrogen) atoms. The van der Waals surface area contributed by atoms with Crippen LogP contribution in [0.25, 0.3) is 11.4 Å². The third-order valence-corrected chi connectivity index (χ3v) is 4.43. The van der Waals surface area contributed by atoms with Gasteiger partial charge in [0.25, 0.3) is 0 Å². The van der Waals surface area contributed by atoms with Crippen molar-refractivity contribution in [3.63, 3.8) is 0 Å². The lowest BCUT2D eigenvalue weighted by Crippen LogP contribution is -2.14. The van der Waals surface area contributed by atoms with Crippen LogP contribution in [0.15, 0.2) is 53.7 Å². The quantitative estimate of drug-likeness (QED) is 0.662. The Kier molecular flexibility index (Phi) is 5.35. The van der Waals surface area contributed by atoms with Gasteiger partial charge in [-0.3, -0.25) is 9.89 Å². The predicted octanol–water partition coefficient (Wildman–Crippen LogP) is 3.52. The highest BCUT2D eigenvalue weighted by atomic mass is 32.2. The molecule has 2 aromatic carbocycles.